The molecule has 2 atom stereocenters. The summed E-state index contributed by atoms with van der Waals surface area (Å²) >= 11 is 13.0. The van der Waals surface area contributed by atoms with Crippen LogP contribution >= 0.6 is 23.2 Å². The van der Waals surface area contributed by atoms with Crippen LogP contribution in [0.2, 0.25) is 10.0 Å². The predicted molar refractivity (Wildman–Crippen MR) is 275 cm³/mol. The van der Waals surface area contributed by atoms with Crippen molar-refractivity contribution < 1.29 is 33.4 Å². The number of aliphatic hydroxyl groups is 1. The Morgan fingerprint density at radius 1 is 0.694 bits per heavy atom. The number of anilines is 1. The third-order valence-electron chi connectivity index (χ3n) is 14.2. The molecule has 3 amide bonds. The van der Waals surface area contributed by atoms with E-state index in [0.29, 0.717) is 82.7 Å². The predicted octanol–water partition coefficient (Wildman–Crippen LogP) is 10.6. The van der Waals surface area contributed by atoms with E-state index in [0.717, 1.165) is 87.9 Å². The average molecular weight is 1010 g/mol. The van der Waals surface area contributed by atoms with Crippen LogP contribution in [0.15, 0.2) is 116 Å². The molecule has 4 aromatic heterocycles. The van der Waals surface area contributed by atoms with Gasteiger partial charge in [0.1, 0.15) is 34.3 Å². The van der Waals surface area contributed by atoms with E-state index in [-0.39, 0.29) is 23.5 Å². The number of amides is 3. The summed E-state index contributed by atoms with van der Waals surface area (Å²) in [6, 6.07) is 28.5. The summed E-state index contributed by atoms with van der Waals surface area (Å²) in [5, 5.41) is 16.8. The van der Waals surface area contributed by atoms with Crippen molar-refractivity contribution in [3.05, 3.63) is 159 Å². The fourth-order valence-electron chi connectivity index (χ4n) is 10.4. The smallest absolute Gasteiger partial charge is 0.272 e. The van der Waals surface area contributed by atoms with Gasteiger partial charge in [-0.1, -0.05) is 53.0 Å². The van der Waals surface area contributed by atoms with Crippen molar-refractivity contribution >= 4 is 68.7 Å². The van der Waals surface area contributed by atoms with Crippen LogP contribution in [0.25, 0.3) is 44.3 Å². The monoisotopic (exact) mass is 1010 g/mol. The van der Waals surface area contributed by atoms with Crippen molar-refractivity contribution in [2.45, 2.75) is 69.7 Å². The first-order valence-electron chi connectivity index (χ1n) is 24.2. The minimum absolute atomic E-state index is 0.0132. The number of aryl methyl sites for hydroxylation is 1. The maximum Gasteiger partial charge on any atom is 0.272 e. The minimum Gasteiger partial charge on any atom is -0.479 e. The molecular formula is C56H50Cl2FN7O6. The van der Waals surface area contributed by atoms with Gasteiger partial charge in [-0.3, -0.25) is 14.4 Å². The van der Waals surface area contributed by atoms with E-state index in [1.54, 1.807) is 18.5 Å². The van der Waals surface area contributed by atoms with Crippen molar-refractivity contribution in [1.82, 2.24) is 29.7 Å². The molecule has 12 rings (SSSR count). The van der Waals surface area contributed by atoms with Crippen LogP contribution < -0.4 is 14.8 Å². The van der Waals surface area contributed by atoms with Crippen LogP contribution in [-0.4, -0.2) is 91.0 Å². The van der Waals surface area contributed by atoms with Crippen molar-refractivity contribution in [1.29, 1.82) is 0 Å². The normalized spacial score (nSPS) is 17.9. The minimum atomic E-state index is -0.909. The largest absolute Gasteiger partial charge is 0.479 e. The number of hydrogen-bond donors (Lipinski definition) is 4. The number of nitrogens with zero attached hydrogens (tertiary/aromatic N) is 4. The van der Waals surface area contributed by atoms with Gasteiger partial charge in [0.2, 0.25) is 0 Å². The SMILES string of the molecule is Cc1ccc(C2(O)CCN(C(=O)C3Cc4cc(Cl)cc(-c5ccnc6[nH]ccc56)c4O3)CC2)cc1.O=C(Nc1ccc(F)cc1)c1cc2c(-c3cc(Cl)cc4c3OC(C(=O)N3CCCCC3)C4)ccnc2[nH]1. The van der Waals surface area contributed by atoms with Gasteiger partial charge in [-0.2, -0.15) is 0 Å². The molecule has 8 aromatic rings. The molecule has 16 heteroatoms. The van der Waals surface area contributed by atoms with Gasteiger partial charge in [0.15, 0.2) is 12.2 Å². The summed E-state index contributed by atoms with van der Waals surface area (Å²) in [6.45, 7) is 4.53. The maximum atomic E-state index is 13.4. The maximum absolute atomic E-state index is 13.4. The molecule has 366 valence electrons. The lowest BCUT2D eigenvalue weighted by molar-refractivity contribution is -0.142. The Morgan fingerprint density at radius 3 is 1.88 bits per heavy atom. The zero-order valence-corrected chi connectivity index (χ0v) is 40.8. The van der Waals surface area contributed by atoms with Gasteiger partial charge in [-0.05, 0) is 129 Å². The number of piperidine rings is 2. The average Bonchev–Trinajstić information content (AvgIpc) is 4.23. The van der Waals surface area contributed by atoms with E-state index in [1.165, 1.54) is 24.3 Å². The first-order chi connectivity index (χ1) is 34.9. The number of halogens is 3. The molecule has 4 aromatic carbocycles. The first kappa shape index (κ1) is 47.1. The molecule has 72 heavy (non-hydrogen) atoms. The molecule has 8 heterocycles. The number of hydrogen-bond acceptors (Lipinski definition) is 8. The quantitative estimate of drug-likeness (QED) is 0.122. The zero-order chi connectivity index (χ0) is 49.7. The number of benzene rings is 4. The molecule has 13 nitrogen and oxygen atoms in total. The van der Waals surface area contributed by atoms with E-state index >= 15 is 0 Å². The number of fused-ring (bicyclic) bond motifs is 4. The fourth-order valence-corrected chi connectivity index (χ4v) is 10.9. The van der Waals surface area contributed by atoms with Gasteiger partial charge in [-0.15, -0.1) is 0 Å². The van der Waals surface area contributed by atoms with E-state index in [2.05, 4.69) is 25.3 Å². The number of rotatable bonds is 7. The lowest BCUT2D eigenvalue weighted by Gasteiger charge is -2.39. The number of aromatic amines is 2. The Hall–Kier alpha value is -7.26. The van der Waals surface area contributed by atoms with Crippen LogP contribution in [0.5, 0.6) is 11.5 Å². The molecule has 4 aliphatic heterocycles. The highest BCUT2D eigenvalue weighted by Crippen LogP contribution is 2.45. The van der Waals surface area contributed by atoms with Crippen LogP contribution in [0.4, 0.5) is 10.1 Å². The number of ether oxygens (including phenoxy) is 2. The van der Waals surface area contributed by atoms with Crippen molar-refractivity contribution in [2.24, 2.45) is 0 Å². The van der Waals surface area contributed by atoms with Crippen LogP contribution in [0.3, 0.4) is 0 Å². The molecule has 2 fully saturated rings. The van der Waals surface area contributed by atoms with Crippen molar-refractivity contribution in [2.75, 3.05) is 31.5 Å². The Kier molecular flexibility index (Phi) is 12.7. The highest BCUT2D eigenvalue weighted by molar-refractivity contribution is 6.31. The number of aromatic nitrogens is 4. The van der Waals surface area contributed by atoms with Gasteiger partial charge in [0.25, 0.3) is 17.7 Å². The molecule has 4 aliphatic rings. The highest BCUT2D eigenvalue weighted by Gasteiger charge is 2.40. The number of pyridine rings is 2. The van der Waals surface area contributed by atoms with Gasteiger partial charge in [0, 0.05) is 106 Å². The second-order valence-electron chi connectivity index (χ2n) is 19.0. The highest BCUT2D eigenvalue weighted by atomic mass is 35.5. The van der Waals surface area contributed by atoms with E-state index in [1.807, 2.05) is 89.7 Å². The molecule has 0 radical (unpaired) electrons. The Labute approximate surface area is 424 Å². The summed E-state index contributed by atoms with van der Waals surface area (Å²) in [4.78, 5) is 58.1. The summed E-state index contributed by atoms with van der Waals surface area (Å²) in [7, 11) is 0. The molecule has 0 bridgehead atoms. The number of nitrogens with one attached hydrogen (secondary N) is 3. The first-order valence-corrected chi connectivity index (χ1v) is 25.0. The molecule has 0 aliphatic carbocycles. The molecule has 0 spiro atoms. The Bertz CT molecular complexity index is 3380. The zero-order valence-electron chi connectivity index (χ0n) is 39.3. The third-order valence-corrected chi connectivity index (χ3v) is 14.7. The summed E-state index contributed by atoms with van der Waals surface area (Å²) < 4.78 is 25.8. The Morgan fingerprint density at radius 2 is 1.26 bits per heavy atom. The molecule has 0 saturated carbocycles. The van der Waals surface area contributed by atoms with Crippen LogP contribution in [0.1, 0.15) is 64.8 Å². The van der Waals surface area contributed by atoms with Gasteiger partial charge in [0.05, 0.1) is 5.60 Å². The summed E-state index contributed by atoms with van der Waals surface area (Å²) in [5.41, 5.74) is 8.41. The lowest BCUT2D eigenvalue weighted by Crippen LogP contribution is -2.49. The van der Waals surface area contributed by atoms with Crippen LogP contribution in [-0.2, 0) is 28.0 Å². The standard InChI is InChI=1S/C28H24ClFN4O3.C28H26ClN3O3/c29-17-12-16-13-24(28(36)34-10-2-1-3-11-34)37-25(16)21(14-17)20-8-9-31-26-22(20)15-23(33-26)27(35)32-19-6-4-18(30)5-7-19;1-17-2-4-19(5-3-17)28(34)8-12-32(13-9-28)27(33)24-15-18-14-20(29)16-23(25(18)35-24)21-6-10-30-26-22(21)7-11-31-26/h4-9,12,14-15,24H,1-3,10-11,13H2,(H,31,33)(H,32,35);2-7,10-11,14,16,24,34H,8-9,12-13,15H2,1H3,(H,30,31). The summed E-state index contributed by atoms with van der Waals surface area (Å²) in [6.07, 6.45) is 9.19. The second kappa shape index (κ2) is 19.4. The number of carbonyl (C=O) groups excluding carboxylic acids is 3. The van der Waals surface area contributed by atoms with Gasteiger partial charge < -0.3 is 39.7 Å². The third kappa shape index (κ3) is 9.26. The van der Waals surface area contributed by atoms with Gasteiger partial charge in [-0.25, -0.2) is 14.4 Å². The van der Waals surface area contributed by atoms with E-state index in [9.17, 15) is 23.9 Å². The number of carbonyl (C=O) groups is 3. The van der Waals surface area contributed by atoms with E-state index in [4.69, 9.17) is 32.7 Å². The van der Waals surface area contributed by atoms with Gasteiger partial charge >= 0.3 is 0 Å². The topological polar surface area (TPSA) is 166 Å². The number of H-pyrrole nitrogens is 2. The van der Waals surface area contributed by atoms with E-state index < -0.39 is 17.8 Å². The van der Waals surface area contributed by atoms with Crippen LogP contribution in [0, 0.1) is 12.7 Å². The molecule has 4 N–H and O–H groups in total. The lowest BCUT2D eigenvalue weighted by atomic mass is 9.84. The van der Waals surface area contributed by atoms with Crippen molar-refractivity contribution in [3.63, 3.8) is 0 Å². The van der Waals surface area contributed by atoms with Crippen molar-refractivity contribution in [3.8, 4) is 33.8 Å². The molecular weight excluding hydrogens is 957 g/mol. The second-order valence-corrected chi connectivity index (χ2v) is 19.8. The number of likely N-dealkylation sites (tertiary alicyclic amines) is 2. The fraction of sp³-hybridized carbons (Fsp3) is 0.268. The summed E-state index contributed by atoms with van der Waals surface area (Å²) in [5.74, 6) is 0.541. The molecule has 2 saturated heterocycles. The molecule has 2 unspecified atom stereocenters. The Balaban J connectivity index is 0.000000156.